The molecule has 2 aliphatic heterocycles. The number of carbonyl (C=O) groups is 1. The number of aryl methyl sites for hydroxylation is 1. The number of likely N-dealkylation sites (N-methyl/N-ethyl adjacent to an activating group) is 1. The molecule has 174 valence electrons. The van der Waals surface area contributed by atoms with E-state index in [9.17, 15) is 4.79 Å². The number of hydrogen-bond donors (Lipinski definition) is 0. The number of nitrogens with zero attached hydrogens (tertiary/aromatic N) is 6. The second-order valence-electron chi connectivity index (χ2n) is 9.71. The molecule has 2 aliphatic rings. The third kappa shape index (κ3) is 5.20. The van der Waals surface area contributed by atoms with Crippen molar-refractivity contribution in [1.82, 2.24) is 24.8 Å². The number of likely N-dealkylation sites (tertiary alicyclic amines) is 1. The number of piperazine rings is 1. The third-order valence-electron chi connectivity index (χ3n) is 5.98. The van der Waals surface area contributed by atoms with Crippen molar-refractivity contribution in [3.8, 4) is 6.01 Å². The molecular formula is C23H34N6O3. The first kappa shape index (κ1) is 22.5. The highest BCUT2D eigenvalue weighted by molar-refractivity contribution is 5.89. The number of aromatic nitrogens is 3. The lowest BCUT2D eigenvalue weighted by molar-refractivity contribution is 0.0240. The topological polar surface area (TPSA) is 83.9 Å². The first-order chi connectivity index (χ1) is 15.2. The van der Waals surface area contributed by atoms with E-state index in [-0.39, 0.29) is 6.09 Å². The van der Waals surface area contributed by atoms with E-state index in [1.54, 1.807) is 4.90 Å². The van der Waals surface area contributed by atoms with Gasteiger partial charge in [-0.25, -0.2) is 4.79 Å². The Morgan fingerprint density at radius 2 is 1.91 bits per heavy atom. The summed E-state index contributed by atoms with van der Waals surface area (Å²) in [6, 6.07) is 2.76. The molecule has 4 heterocycles. The smallest absolute Gasteiger partial charge is 0.410 e. The van der Waals surface area contributed by atoms with Gasteiger partial charge in [-0.3, -0.25) is 4.98 Å². The molecule has 0 N–H and O–H groups in total. The molecule has 1 amide bonds. The normalized spacial score (nSPS) is 20.1. The number of carbonyl (C=O) groups excluding carboxylic acids is 1. The van der Waals surface area contributed by atoms with Gasteiger partial charge in [-0.2, -0.15) is 9.97 Å². The van der Waals surface area contributed by atoms with Gasteiger partial charge in [0, 0.05) is 44.1 Å². The third-order valence-corrected chi connectivity index (χ3v) is 5.98. The van der Waals surface area contributed by atoms with Gasteiger partial charge in [0.1, 0.15) is 18.0 Å². The molecule has 0 saturated carbocycles. The van der Waals surface area contributed by atoms with Crippen LogP contribution in [-0.2, 0) is 4.74 Å². The summed E-state index contributed by atoms with van der Waals surface area (Å²) in [5.74, 6) is 0.807. The lowest BCUT2D eigenvalue weighted by Gasteiger charge is -2.36. The number of rotatable bonds is 4. The van der Waals surface area contributed by atoms with Crippen LogP contribution in [0.2, 0.25) is 0 Å². The minimum Gasteiger partial charge on any atom is -0.462 e. The molecule has 9 heteroatoms. The highest BCUT2D eigenvalue weighted by Crippen LogP contribution is 2.28. The summed E-state index contributed by atoms with van der Waals surface area (Å²) >= 11 is 0. The van der Waals surface area contributed by atoms with E-state index in [0.29, 0.717) is 44.8 Å². The Labute approximate surface area is 189 Å². The predicted molar refractivity (Wildman–Crippen MR) is 123 cm³/mol. The van der Waals surface area contributed by atoms with Gasteiger partial charge in [-0.15, -0.1) is 0 Å². The van der Waals surface area contributed by atoms with Gasteiger partial charge in [0.05, 0.1) is 10.9 Å². The second-order valence-corrected chi connectivity index (χ2v) is 9.71. The fourth-order valence-corrected chi connectivity index (χ4v) is 4.18. The van der Waals surface area contributed by atoms with Crippen molar-refractivity contribution in [3.63, 3.8) is 0 Å². The van der Waals surface area contributed by atoms with E-state index in [4.69, 9.17) is 14.5 Å². The Kier molecular flexibility index (Phi) is 6.37. The van der Waals surface area contributed by atoms with Crippen molar-refractivity contribution in [2.75, 3.05) is 51.3 Å². The van der Waals surface area contributed by atoms with Crippen LogP contribution in [-0.4, -0.2) is 88.9 Å². The minimum atomic E-state index is -0.500. The summed E-state index contributed by atoms with van der Waals surface area (Å²) in [5.41, 5.74) is 1.23. The van der Waals surface area contributed by atoms with Crippen LogP contribution >= 0.6 is 0 Å². The largest absolute Gasteiger partial charge is 0.462 e. The van der Waals surface area contributed by atoms with E-state index < -0.39 is 5.60 Å². The molecule has 1 unspecified atom stereocenters. The molecule has 2 aromatic rings. The van der Waals surface area contributed by atoms with Crippen LogP contribution in [0, 0.1) is 6.92 Å². The molecule has 1 atom stereocenters. The quantitative estimate of drug-likeness (QED) is 0.715. The number of ether oxygens (including phenoxy) is 2. The van der Waals surface area contributed by atoms with Crippen molar-refractivity contribution in [2.24, 2.45) is 0 Å². The molecule has 0 aromatic carbocycles. The Morgan fingerprint density at radius 3 is 2.56 bits per heavy atom. The molecular weight excluding hydrogens is 408 g/mol. The zero-order valence-electron chi connectivity index (χ0n) is 19.8. The van der Waals surface area contributed by atoms with Crippen LogP contribution in [0.4, 0.5) is 10.6 Å². The maximum atomic E-state index is 12.4. The number of hydrogen-bond acceptors (Lipinski definition) is 8. The molecule has 0 radical (unpaired) electrons. The molecule has 0 aliphatic carbocycles. The lowest BCUT2D eigenvalue weighted by Crippen LogP contribution is -2.50. The minimum absolute atomic E-state index is 0.272. The van der Waals surface area contributed by atoms with Crippen LogP contribution in [0.15, 0.2) is 12.3 Å². The van der Waals surface area contributed by atoms with Crippen LogP contribution in [0.5, 0.6) is 6.01 Å². The van der Waals surface area contributed by atoms with Gasteiger partial charge in [-0.1, -0.05) is 0 Å². The molecule has 0 bridgehead atoms. The maximum absolute atomic E-state index is 12.4. The highest BCUT2D eigenvalue weighted by atomic mass is 16.6. The fraction of sp³-hybridized carbons (Fsp3) is 0.652. The van der Waals surface area contributed by atoms with Crippen LogP contribution < -0.4 is 9.64 Å². The first-order valence-electron chi connectivity index (χ1n) is 11.4. The first-order valence-corrected chi connectivity index (χ1v) is 11.4. The lowest BCUT2D eigenvalue weighted by atomic mass is 10.2. The molecule has 32 heavy (non-hydrogen) atoms. The predicted octanol–water partition coefficient (Wildman–Crippen LogP) is 2.86. The average molecular weight is 443 g/mol. The van der Waals surface area contributed by atoms with E-state index in [2.05, 4.69) is 26.8 Å². The zero-order chi connectivity index (χ0) is 22.9. The highest BCUT2D eigenvalue weighted by Gasteiger charge is 2.28. The summed E-state index contributed by atoms with van der Waals surface area (Å²) in [6.07, 6.45) is 3.88. The van der Waals surface area contributed by atoms with Crippen LogP contribution in [0.1, 0.15) is 39.3 Å². The number of amides is 1. The standard InChI is InChI=1S/C23H34N6O3/c1-16-13-19-18(14-24-16)20(26-21(25-19)31-15-17-7-6-8-27(17)5)28-9-11-29(12-10-28)22(30)32-23(2,3)4/h13-14,17H,6-12,15H2,1-5H3. The Morgan fingerprint density at radius 1 is 1.16 bits per heavy atom. The summed E-state index contributed by atoms with van der Waals surface area (Å²) in [6.45, 7) is 11.7. The molecule has 2 fully saturated rings. The molecule has 4 rings (SSSR count). The van der Waals surface area contributed by atoms with Gasteiger partial charge >= 0.3 is 12.1 Å². The van der Waals surface area contributed by atoms with E-state index >= 15 is 0 Å². The molecule has 2 aromatic heterocycles. The van der Waals surface area contributed by atoms with Crippen molar-refractivity contribution in [2.45, 2.75) is 52.2 Å². The van der Waals surface area contributed by atoms with E-state index in [1.807, 2.05) is 40.0 Å². The number of anilines is 1. The molecule has 0 spiro atoms. The van der Waals surface area contributed by atoms with Crippen LogP contribution in [0.3, 0.4) is 0 Å². The Bertz CT molecular complexity index is 968. The molecule has 2 saturated heterocycles. The Balaban J connectivity index is 1.51. The number of pyridine rings is 1. The van der Waals surface area contributed by atoms with Crippen molar-refractivity contribution in [1.29, 1.82) is 0 Å². The van der Waals surface area contributed by atoms with Crippen molar-refractivity contribution >= 4 is 22.8 Å². The summed E-state index contributed by atoms with van der Waals surface area (Å²) < 4.78 is 11.6. The van der Waals surface area contributed by atoms with Gasteiger partial charge < -0.3 is 24.2 Å². The SMILES string of the molecule is Cc1cc2nc(OCC3CCCN3C)nc(N3CCN(C(=O)OC(C)(C)C)CC3)c2cn1. The fourth-order valence-electron chi connectivity index (χ4n) is 4.18. The van der Waals surface area contributed by atoms with E-state index in [0.717, 1.165) is 35.4 Å². The van der Waals surface area contributed by atoms with E-state index in [1.165, 1.54) is 6.42 Å². The van der Waals surface area contributed by atoms with Gasteiger partial charge in [-0.05, 0) is 60.2 Å². The summed E-state index contributed by atoms with van der Waals surface area (Å²) in [4.78, 5) is 32.6. The van der Waals surface area contributed by atoms with Crippen molar-refractivity contribution in [3.05, 3.63) is 18.0 Å². The second kappa shape index (κ2) is 9.05. The number of fused-ring (bicyclic) bond motifs is 1. The van der Waals surface area contributed by atoms with Gasteiger partial charge in [0.2, 0.25) is 0 Å². The zero-order valence-corrected chi connectivity index (χ0v) is 19.8. The van der Waals surface area contributed by atoms with Crippen molar-refractivity contribution < 1.29 is 14.3 Å². The summed E-state index contributed by atoms with van der Waals surface area (Å²) in [7, 11) is 2.13. The monoisotopic (exact) mass is 442 g/mol. The van der Waals surface area contributed by atoms with Crippen LogP contribution in [0.25, 0.3) is 10.9 Å². The van der Waals surface area contributed by atoms with Gasteiger partial charge in [0.25, 0.3) is 0 Å². The Hall–Kier alpha value is -2.68. The summed E-state index contributed by atoms with van der Waals surface area (Å²) in [5, 5.41) is 0.895. The average Bonchev–Trinajstić information content (AvgIpc) is 3.15. The van der Waals surface area contributed by atoms with Gasteiger partial charge in [0.15, 0.2) is 0 Å². The maximum Gasteiger partial charge on any atom is 0.410 e. The molecule has 9 nitrogen and oxygen atoms in total.